The van der Waals surface area contributed by atoms with Gasteiger partial charge in [0, 0.05) is 31.3 Å². The monoisotopic (exact) mass is 295 g/mol. The first-order chi connectivity index (χ1) is 9.40. The lowest BCUT2D eigenvalue weighted by Crippen LogP contribution is -2.20. The Kier molecular flexibility index (Phi) is 4.08. The van der Waals surface area contributed by atoms with E-state index in [1.54, 1.807) is 4.68 Å². The molecule has 0 saturated carbocycles. The molecule has 0 aliphatic carbocycles. The van der Waals surface area contributed by atoms with Crippen LogP contribution in [-0.2, 0) is 22.9 Å². The lowest BCUT2D eigenvalue weighted by Gasteiger charge is -2.05. The fourth-order valence-corrected chi connectivity index (χ4v) is 2.50. The molecule has 0 amide bonds. The van der Waals surface area contributed by atoms with Crippen LogP contribution in [0.2, 0.25) is 0 Å². The molecule has 2 aromatic rings. The van der Waals surface area contributed by atoms with Gasteiger partial charge in [-0.05, 0) is 18.6 Å². The quantitative estimate of drug-likeness (QED) is 0.821. The van der Waals surface area contributed by atoms with E-state index >= 15 is 0 Å². The minimum absolute atomic E-state index is 0.130. The normalized spacial score (nSPS) is 11.7. The first-order valence-corrected chi connectivity index (χ1v) is 8.22. The molecular formula is C13H17N3O3S. The van der Waals surface area contributed by atoms with Crippen molar-refractivity contribution in [3.8, 4) is 0 Å². The zero-order valence-corrected chi connectivity index (χ0v) is 12.3. The molecule has 2 heterocycles. The maximum Gasteiger partial charge on any atom is 0.250 e. The molecule has 0 aliphatic rings. The minimum atomic E-state index is -3.32. The first-order valence-electron chi connectivity index (χ1n) is 6.33. The van der Waals surface area contributed by atoms with E-state index in [9.17, 15) is 13.2 Å². The van der Waals surface area contributed by atoms with Crippen molar-refractivity contribution in [3.05, 3.63) is 46.6 Å². The lowest BCUT2D eigenvalue weighted by atomic mass is 10.4. The highest BCUT2D eigenvalue weighted by molar-refractivity contribution is 7.90. The Morgan fingerprint density at radius 3 is 2.65 bits per heavy atom. The summed E-state index contributed by atoms with van der Waals surface area (Å²) in [6.45, 7) is 3.14. The SMILES string of the molecule is CCCn1ccc(Cn2cc(S(C)(=O)=O)ccc2=O)n1. The number of pyridine rings is 1. The van der Waals surface area contributed by atoms with Crippen molar-refractivity contribution in [1.82, 2.24) is 14.3 Å². The summed E-state index contributed by atoms with van der Waals surface area (Å²) in [6.07, 6.45) is 5.30. The molecule has 7 heteroatoms. The largest absolute Gasteiger partial charge is 0.308 e. The van der Waals surface area contributed by atoms with Crippen molar-refractivity contribution in [2.75, 3.05) is 6.26 Å². The van der Waals surface area contributed by atoms with Crippen LogP contribution in [0.25, 0.3) is 0 Å². The summed E-state index contributed by atoms with van der Waals surface area (Å²) in [5.74, 6) is 0. The summed E-state index contributed by atoms with van der Waals surface area (Å²) in [5, 5.41) is 4.34. The molecule has 0 atom stereocenters. The third-order valence-electron chi connectivity index (χ3n) is 2.87. The Labute approximate surface area is 117 Å². The minimum Gasteiger partial charge on any atom is -0.308 e. The average molecular weight is 295 g/mol. The van der Waals surface area contributed by atoms with Crippen LogP contribution in [0.4, 0.5) is 0 Å². The molecular weight excluding hydrogens is 278 g/mol. The van der Waals surface area contributed by atoms with Crippen molar-refractivity contribution in [2.24, 2.45) is 0 Å². The van der Waals surface area contributed by atoms with Gasteiger partial charge >= 0.3 is 0 Å². The second kappa shape index (κ2) is 5.62. The maximum absolute atomic E-state index is 11.8. The van der Waals surface area contributed by atoms with Crippen molar-refractivity contribution in [2.45, 2.75) is 31.3 Å². The van der Waals surface area contributed by atoms with Crippen molar-refractivity contribution < 1.29 is 8.42 Å². The topological polar surface area (TPSA) is 74.0 Å². The molecule has 0 unspecified atom stereocenters. The van der Waals surface area contributed by atoms with Crippen molar-refractivity contribution >= 4 is 9.84 Å². The summed E-state index contributed by atoms with van der Waals surface area (Å²) in [6, 6.07) is 4.42. The van der Waals surface area contributed by atoms with E-state index in [1.807, 2.05) is 12.3 Å². The molecule has 0 spiro atoms. The first kappa shape index (κ1) is 14.5. The van der Waals surface area contributed by atoms with Gasteiger partial charge in [-0.1, -0.05) is 6.92 Å². The van der Waals surface area contributed by atoms with E-state index in [1.165, 1.54) is 22.9 Å². The molecule has 0 saturated heterocycles. The Bertz CT molecular complexity index is 759. The highest BCUT2D eigenvalue weighted by Gasteiger charge is 2.09. The number of aromatic nitrogens is 3. The second-order valence-corrected chi connectivity index (χ2v) is 6.69. The molecule has 20 heavy (non-hydrogen) atoms. The highest BCUT2D eigenvalue weighted by Crippen LogP contribution is 2.06. The van der Waals surface area contributed by atoms with Crippen molar-refractivity contribution in [3.63, 3.8) is 0 Å². The predicted octanol–water partition coefficient (Wildman–Crippen LogP) is 0.907. The number of nitrogens with zero attached hydrogens (tertiary/aromatic N) is 3. The van der Waals surface area contributed by atoms with Crippen LogP contribution in [0.1, 0.15) is 19.0 Å². The van der Waals surface area contributed by atoms with Crippen molar-refractivity contribution in [1.29, 1.82) is 0 Å². The van der Waals surface area contributed by atoms with Crippen LogP contribution in [0.15, 0.2) is 40.3 Å². The second-order valence-electron chi connectivity index (χ2n) is 4.67. The average Bonchev–Trinajstić information content (AvgIpc) is 2.78. The number of hydrogen-bond acceptors (Lipinski definition) is 4. The molecule has 0 radical (unpaired) electrons. The smallest absolute Gasteiger partial charge is 0.250 e. The van der Waals surface area contributed by atoms with E-state index in [4.69, 9.17) is 0 Å². The summed E-state index contributed by atoms with van der Waals surface area (Å²) in [7, 11) is -3.32. The van der Waals surface area contributed by atoms with Gasteiger partial charge < -0.3 is 4.57 Å². The van der Waals surface area contributed by atoms with Gasteiger partial charge in [0.05, 0.1) is 17.1 Å². The predicted molar refractivity (Wildman–Crippen MR) is 75.4 cm³/mol. The van der Waals surface area contributed by atoms with Gasteiger partial charge in [0.1, 0.15) is 0 Å². The summed E-state index contributed by atoms with van der Waals surface area (Å²) in [5.41, 5.74) is 0.480. The number of hydrogen-bond donors (Lipinski definition) is 0. The Hall–Kier alpha value is -1.89. The Morgan fingerprint density at radius 2 is 2.00 bits per heavy atom. The van der Waals surface area contributed by atoms with Crippen LogP contribution in [0, 0.1) is 0 Å². The third-order valence-corrected chi connectivity index (χ3v) is 3.96. The standard InChI is InChI=1S/C13H17N3O3S/c1-3-7-16-8-6-11(14-16)9-15-10-12(20(2,18)19)4-5-13(15)17/h4-6,8,10H,3,7,9H2,1-2H3. The zero-order valence-electron chi connectivity index (χ0n) is 11.5. The molecule has 2 aromatic heterocycles. The molecule has 0 fully saturated rings. The van der Waals surface area contributed by atoms with Gasteiger partial charge in [0.25, 0.3) is 5.56 Å². The van der Waals surface area contributed by atoms with Gasteiger partial charge in [0.15, 0.2) is 9.84 Å². The van der Waals surface area contributed by atoms with E-state index in [2.05, 4.69) is 12.0 Å². The zero-order chi connectivity index (χ0) is 14.8. The van der Waals surface area contributed by atoms with Crippen LogP contribution in [0.5, 0.6) is 0 Å². The highest BCUT2D eigenvalue weighted by atomic mass is 32.2. The van der Waals surface area contributed by atoms with Crippen LogP contribution >= 0.6 is 0 Å². The lowest BCUT2D eigenvalue weighted by molar-refractivity contribution is 0.584. The Morgan fingerprint density at radius 1 is 1.25 bits per heavy atom. The molecule has 0 aromatic carbocycles. The van der Waals surface area contributed by atoms with E-state index < -0.39 is 9.84 Å². The van der Waals surface area contributed by atoms with E-state index in [0.29, 0.717) is 0 Å². The van der Waals surface area contributed by atoms with Gasteiger partial charge in [-0.15, -0.1) is 0 Å². The Balaban J connectivity index is 2.30. The van der Waals surface area contributed by atoms with Gasteiger partial charge in [-0.2, -0.15) is 5.10 Å². The summed E-state index contributed by atoms with van der Waals surface area (Å²) < 4.78 is 26.2. The number of rotatable bonds is 5. The number of aryl methyl sites for hydroxylation is 1. The summed E-state index contributed by atoms with van der Waals surface area (Å²) in [4.78, 5) is 11.9. The number of sulfone groups is 1. The molecule has 108 valence electrons. The van der Waals surface area contributed by atoms with Gasteiger partial charge in [0.2, 0.25) is 0 Å². The fourth-order valence-electron chi connectivity index (χ4n) is 1.87. The van der Waals surface area contributed by atoms with E-state index in [-0.39, 0.29) is 17.0 Å². The molecule has 6 nitrogen and oxygen atoms in total. The molecule has 0 aliphatic heterocycles. The van der Waals surface area contributed by atoms with Crippen LogP contribution in [-0.4, -0.2) is 29.0 Å². The van der Waals surface area contributed by atoms with Crippen LogP contribution < -0.4 is 5.56 Å². The molecule has 0 N–H and O–H groups in total. The van der Waals surface area contributed by atoms with Crippen LogP contribution in [0.3, 0.4) is 0 Å². The molecule has 2 rings (SSSR count). The third kappa shape index (κ3) is 3.36. The fraction of sp³-hybridized carbons (Fsp3) is 0.385. The van der Waals surface area contributed by atoms with Gasteiger partial charge in [-0.25, -0.2) is 8.42 Å². The van der Waals surface area contributed by atoms with Gasteiger partial charge in [-0.3, -0.25) is 9.48 Å². The van der Waals surface area contributed by atoms with E-state index in [0.717, 1.165) is 24.9 Å². The summed E-state index contributed by atoms with van der Waals surface area (Å²) >= 11 is 0. The maximum atomic E-state index is 11.8. The molecule has 0 bridgehead atoms.